The number of rotatable bonds is 4. The van der Waals surface area contributed by atoms with Crippen molar-refractivity contribution in [1.29, 1.82) is 0 Å². The Bertz CT molecular complexity index is 261. The van der Waals surface area contributed by atoms with Gasteiger partial charge in [-0.05, 0) is 18.6 Å². The lowest BCUT2D eigenvalue weighted by molar-refractivity contribution is -0.144. The lowest BCUT2D eigenvalue weighted by Gasteiger charge is -2.39. The number of aliphatic carboxylic acids is 1. The Hall–Kier alpha value is -0.260. The van der Waals surface area contributed by atoms with Crippen molar-refractivity contribution in [3.63, 3.8) is 0 Å². The molecule has 17 heavy (non-hydrogen) atoms. The van der Waals surface area contributed by atoms with Crippen molar-refractivity contribution < 1.29 is 9.90 Å². The molecule has 98 valence electrons. The van der Waals surface area contributed by atoms with E-state index in [-0.39, 0.29) is 6.04 Å². The van der Waals surface area contributed by atoms with E-state index in [1.165, 1.54) is 17.9 Å². The largest absolute Gasteiger partial charge is 0.480 e. The summed E-state index contributed by atoms with van der Waals surface area (Å²) >= 11 is 2.04. The molecule has 2 heterocycles. The molecule has 0 aromatic carbocycles. The molecular weight excluding hydrogens is 236 g/mol. The van der Waals surface area contributed by atoms with Crippen molar-refractivity contribution in [3.05, 3.63) is 0 Å². The molecular formula is C12H22N2O2S. The summed E-state index contributed by atoms with van der Waals surface area (Å²) in [4.78, 5) is 15.8. The first kappa shape index (κ1) is 13.2. The monoisotopic (exact) mass is 258 g/mol. The summed E-state index contributed by atoms with van der Waals surface area (Å²) in [7, 11) is 0. The van der Waals surface area contributed by atoms with Gasteiger partial charge in [-0.15, -0.1) is 0 Å². The number of hydrogen-bond acceptors (Lipinski definition) is 4. The van der Waals surface area contributed by atoms with Crippen LogP contribution in [0.5, 0.6) is 0 Å². The zero-order valence-electron chi connectivity index (χ0n) is 10.5. The maximum absolute atomic E-state index is 11.1. The molecule has 2 rings (SSSR count). The first-order valence-electron chi connectivity index (χ1n) is 6.51. The molecule has 0 spiro atoms. The normalized spacial score (nSPS) is 29.4. The van der Waals surface area contributed by atoms with Gasteiger partial charge in [-0.3, -0.25) is 14.6 Å². The van der Waals surface area contributed by atoms with Gasteiger partial charge in [0.25, 0.3) is 0 Å². The molecule has 0 aromatic rings. The van der Waals surface area contributed by atoms with Gasteiger partial charge in [0, 0.05) is 38.0 Å². The molecule has 1 N–H and O–H groups in total. The summed E-state index contributed by atoms with van der Waals surface area (Å²) in [6.45, 7) is 5.85. The molecule has 2 unspecified atom stereocenters. The molecule has 5 heteroatoms. The van der Waals surface area contributed by atoms with Gasteiger partial charge in [-0.1, -0.05) is 6.92 Å². The molecule has 0 amide bonds. The van der Waals surface area contributed by atoms with E-state index in [0.717, 1.165) is 32.2 Å². The van der Waals surface area contributed by atoms with Crippen molar-refractivity contribution in [1.82, 2.24) is 9.80 Å². The van der Waals surface area contributed by atoms with Crippen LogP contribution < -0.4 is 0 Å². The van der Waals surface area contributed by atoms with Crippen molar-refractivity contribution in [2.24, 2.45) is 0 Å². The third-order valence-electron chi connectivity index (χ3n) is 3.88. The molecule has 0 radical (unpaired) electrons. The van der Waals surface area contributed by atoms with Gasteiger partial charge in [0.15, 0.2) is 0 Å². The highest BCUT2D eigenvalue weighted by Crippen LogP contribution is 2.23. The summed E-state index contributed by atoms with van der Waals surface area (Å²) in [5.74, 6) is 1.88. The molecule has 2 fully saturated rings. The van der Waals surface area contributed by atoms with E-state index in [0.29, 0.717) is 6.42 Å². The Kier molecular flexibility index (Phi) is 4.70. The minimum Gasteiger partial charge on any atom is -0.480 e. The van der Waals surface area contributed by atoms with Gasteiger partial charge in [0.1, 0.15) is 6.04 Å². The molecule has 4 nitrogen and oxygen atoms in total. The van der Waals surface area contributed by atoms with Crippen LogP contribution in [0.2, 0.25) is 0 Å². The number of carboxylic acid groups (broad SMARTS) is 1. The number of nitrogens with zero attached hydrogens (tertiary/aromatic N) is 2. The van der Waals surface area contributed by atoms with Crippen LogP contribution in [0.1, 0.15) is 19.8 Å². The van der Waals surface area contributed by atoms with Crippen LogP contribution >= 0.6 is 11.8 Å². The lowest BCUT2D eigenvalue weighted by atomic mass is 10.1. The van der Waals surface area contributed by atoms with Gasteiger partial charge >= 0.3 is 5.97 Å². The van der Waals surface area contributed by atoms with Crippen LogP contribution in [0.15, 0.2) is 0 Å². The van der Waals surface area contributed by atoms with E-state index in [9.17, 15) is 4.79 Å². The highest BCUT2D eigenvalue weighted by atomic mass is 32.2. The summed E-state index contributed by atoms with van der Waals surface area (Å²) < 4.78 is 0. The van der Waals surface area contributed by atoms with Crippen LogP contribution in [-0.2, 0) is 4.79 Å². The average Bonchev–Trinajstić information content (AvgIpc) is 2.84. The third kappa shape index (κ3) is 3.14. The highest BCUT2D eigenvalue weighted by Gasteiger charge is 2.30. The molecule has 2 aliphatic rings. The Labute approximate surface area is 107 Å². The fourth-order valence-electron chi connectivity index (χ4n) is 2.81. The zero-order chi connectivity index (χ0) is 12.3. The molecule has 2 saturated heterocycles. The average molecular weight is 258 g/mol. The third-order valence-corrected chi connectivity index (χ3v) is 5.03. The molecule has 0 bridgehead atoms. The number of thioether (sulfide) groups is 1. The maximum Gasteiger partial charge on any atom is 0.320 e. The summed E-state index contributed by atoms with van der Waals surface area (Å²) in [6.07, 6.45) is 2.01. The first-order chi connectivity index (χ1) is 8.22. The minimum absolute atomic E-state index is 0.282. The van der Waals surface area contributed by atoms with E-state index in [1.807, 2.05) is 18.7 Å². The Balaban J connectivity index is 1.82. The summed E-state index contributed by atoms with van der Waals surface area (Å²) in [6, 6.07) is 0.460. The molecule has 2 atom stereocenters. The van der Waals surface area contributed by atoms with Gasteiger partial charge in [0.05, 0.1) is 0 Å². The fraction of sp³-hybridized carbons (Fsp3) is 0.917. The second kappa shape index (κ2) is 6.07. The number of carboxylic acids is 1. The molecule has 0 saturated carbocycles. The topological polar surface area (TPSA) is 43.8 Å². The number of hydrogen-bond donors (Lipinski definition) is 1. The smallest absolute Gasteiger partial charge is 0.320 e. The minimum atomic E-state index is -0.669. The molecule has 0 aromatic heterocycles. The van der Waals surface area contributed by atoms with Crippen LogP contribution in [0.3, 0.4) is 0 Å². The van der Waals surface area contributed by atoms with Crippen LogP contribution in [-0.4, -0.2) is 70.6 Å². The van der Waals surface area contributed by atoms with Crippen LogP contribution in [0.4, 0.5) is 0 Å². The van der Waals surface area contributed by atoms with E-state index < -0.39 is 5.97 Å². The van der Waals surface area contributed by atoms with Crippen LogP contribution in [0, 0.1) is 0 Å². The molecule has 2 aliphatic heterocycles. The standard InChI is InChI=1S/C12H22N2O2S/c1-2-11(12(15)16)14-6-4-13(5-7-14)10-3-8-17-9-10/h10-11H,2-9H2,1H3,(H,15,16). The number of carbonyl (C=O) groups is 1. The van der Waals surface area contributed by atoms with Crippen molar-refractivity contribution >= 4 is 17.7 Å². The van der Waals surface area contributed by atoms with Gasteiger partial charge in [-0.25, -0.2) is 0 Å². The lowest BCUT2D eigenvalue weighted by Crippen LogP contribution is -2.54. The van der Waals surface area contributed by atoms with Gasteiger partial charge in [0.2, 0.25) is 0 Å². The van der Waals surface area contributed by atoms with Gasteiger partial charge in [-0.2, -0.15) is 11.8 Å². The summed E-state index contributed by atoms with van der Waals surface area (Å²) in [5, 5.41) is 9.14. The quantitative estimate of drug-likeness (QED) is 0.814. The molecule has 0 aliphatic carbocycles. The number of piperazine rings is 1. The van der Waals surface area contributed by atoms with Crippen molar-refractivity contribution in [2.45, 2.75) is 31.8 Å². The first-order valence-corrected chi connectivity index (χ1v) is 7.66. The van der Waals surface area contributed by atoms with Crippen molar-refractivity contribution in [2.75, 3.05) is 37.7 Å². The second-order valence-corrected chi connectivity index (χ2v) is 6.00. The van der Waals surface area contributed by atoms with E-state index in [2.05, 4.69) is 9.80 Å². The predicted octanol–water partition coefficient (Wildman–Crippen LogP) is 0.973. The predicted molar refractivity (Wildman–Crippen MR) is 70.6 cm³/mol. The van der Waals surface area contributed by atoms with Gasteiger partial charge < -0.3 is 5.11 Å². The second-order valence-electron chi connectivity index (χ2n) is 4.85. The summed E-state index contributed by atoms with van der Waals surface area (Å²) in [5.41, 5.74) is 0. The maximum atomic E-state index is 11.1. The van der Waals surface area contributed by atoms with E-state index in [4.69, 9.17) is 5.11 Å². The zero-order valence-corrected chi connectivity index (χ0v) is 11.3. The van der Waals surface area contributed by atoms with E-state index in [1.54, 1.807) is 0 Å². The Morgan fingerprint density at radius 3 is 2.59 bits per heavy atom. The fourth-order valence-corrected chi connectivity index (χ4v) is 4.07. The van der Waals surface area contributed by atoms with E-state index >= 15 is 0 Å². The van der Waals surface area contributed by atoms with Crippen molar-refractivity contribution in [3.8, 4) is 0 Å². The SMILES string of the molecule is CCC(C(=O)O)N1CCN(C2CCSC2)CC1. The Morgan fingerprint density at radius 1 is 1.41 bits per heavy atom. The Morgan fingerprint density at radius 2 is 2.12 bits per heavy atom. The highest BCUT2D eigenvalue weighted by molar-refractivity contribution is 7.99. The van der Waals surface area contributed by atoms with Crippen LogP contribution in [0.25, 0.3) is 0 Å².